The van der Waals surface area contributed by atoms with Crippen LogP contribution in [0.5, 0.6) is 0 Å². The lowest BCUT2D eigenvalue weighted by atomic mass is 10.1. The van der Waals surface area contributed by atoms with Crippen LogP contribution in [0, 0.1) is 11.8 Å². The van der Waals surface area contributed by atoms with Gasteiger partial charge in [-0.3, -0.25) is 0 Å². The van der Waals surface area contributed by atoms with Gasteiger partial charge in [0.15, 0.2) is 0 Å². The zero-order valence-electron chi connectivity index (χ0n) is 7.53. The molecule has 0 radical (unpaired) electrons. The second-order valence-electron chi connectivity index (χ2n) is 3.44. The molecule has 0 heterocycles. The van der Waals surface area contributed by atoms with E-state index in [1.807, 2.05) is 6.08 Å². The van der Waals surface area contributed by atoms with Crippen LogP contribution < -0.4 is 0 Å². The van der Waals surface area contributed by atoms with Gasteiger partial charge in [-0.25, -0.2) is 0 Å². The molecular weight excluding hydrogens is 152 g/mol. The summed E-state index contributed by atoms with van der Waals surface area (Å²) in [5, 5.41) is 0. The molecule has 1 saturated carbocycles. The van der Waals surface area contributed by atoms with E-state index in [2.05, 4.69) is 13.5 Å². The van der Waals surface area contributed by atoms with Crippen LogP contribution in [0.2, 0.25) is 0 Å². The standard InChI is InChI=1S/C10H16O2/c1-3-4-10(12-6-5-11)9-7-8(9)2/h3,5,8-10H,1,4,6-7H2,2H3/t8-,9-,10?/m1/s1. The molecule has 1 aliphatic carbocycles. The van der Waals surface area contributed by atoms with E-state index in [1.165, 1.54) is 6.42 Å². The molecule has 1 fully saturated rings. The summed E-state index contributed by atoms with van der Waals surface area (Å²) in [6, 6.07) is 0. The molecular formula is C10H16O2. The number of hydrogen-bond donors (Lipinski definition) is 0. The Morgan fingerprint density at radius 3 is 2.83 bits per heavy atom. The second-order valence-corrected chi connectivity index (χ2v) is 3.44. The van der Waals surface area contributed by atoms with Gasteiger partial charge >= 0.3 is 0 Å². The molecule has 0 aromatic heterocycles. The molecule has 1 unspecified atom stereocenters. The first kappa shape index (κ1) is 9.46. The van der Waals surface area contributed by atoms with Crippen LogP contribution in [0.1, 0.15) is 19.8 Å². The van der Waals surface area contributed by atoms with E-state index in [0.717, 1.165) is 18.6 Å². The smallest absolute Gasteiger partial charge is 0.145 e. The fourth-order valence-electron chi connectivity index (χ4n) is 1.56. The number of aldehydes is 1. The highest BCUT2D eigenvalue weighted by atomic mass is 16.5. The van der Waals surface area contributed by atoms with Crippen molar-refractivity contribution in [3.05, 3.63) is 12.7 Å². The molecule has 0 bridgehead atoms. The van der Waals surface area contributed by atoms with Crippen molar-refractivity contribution in [2.45, 2.75) is 25.9 Å². The summed E-state index contributed by atoms with van der Waals surface area (Å²) in [5.41, 5.74) is 0. The van der Waals surface area contributed by atoms with Crippen LogP contribution in [-0.2, 0) is 9.53 Å². The molecule has 1 rings (SSSR count). The van der Waals surface area contributed by atoms with E-state index in [9.17, 15) is 4.79 Å². The molecule has 0 aromatic rings. The molecule has 0 aliphatic heterocycles. The summed E-state index contributed by atoms with van der Waals surface area (Å²) in [4.78, 5) is 10.1. The van der Waals surface area contributed by atoms with Crippen molar-refractivity contribution in [3.63, 3.8) is 0 Å². The van der Waals surface area contributed by atoms with Gasteiger partial charge in [0.05, 0.1) is 6.10 Å². The first-order valence-corrected chi connectivity index (χ1v) is 4.45. The van der Waals surface area contributed by atoms with Crippen LogP contribution >= 0.6 is 0 Å². The molecule has 12 heavy (non-hydrogen) atoms. The molecule has 0 spiro atoms. The second kappa shape index (κ2) is 4.41. The number of rotatable bonds is 6. The van der Waals surface area contributed by atoms with E-state index in [-0.39, 0.29) is 12.7 Å². The summed E-state index contributed by atoms with van der Waals surface area (Å²) >= 11 is 0. The molecule has 68 valence electrons. The van der Waals surface area contributed by atoms with E-state index in [0.29, 0.717) is 5.92 Å². The lowest BCUT2D eigenvalue weighted by Crippen LogP contribution is -2.16. The van der Waals surface area contributed by atoms with E-state index >= 15 is 0 Å². The third-order valence-electron chi connectivity index (χ3n) is 2.43. The first-order valence-electron chi connectivity index (χ1n) is 4.45. The van der Waals surface area contributed by atoms with E-state index < -0.39 is 0 Å². The molecule has 0 saturated heterocycles. The molecule has 0 N–H and O–H groups in total. The van der Waals surface area contributed by atoms with Crippen molar-refractivity contribution >= 4 is 6.29 Å². The van der Waals surface area contributed by atoms with Gasteiger partial charge in [-0.05, 0) is 24.7 Å². The van der Waals surface area contributed by atoms with Crippen LogP contribution in [0.15, 0.2) is 12.7 Å². The fraction of sp³-hybridized carbons (Fsp3) is 0.700. The third kappa shape index (κ3) is 2.45. The maximum absolute atomic E-state index is 10.1. The summed E-state index contributed by atoms with van der Waals surface area (Å²) in [7, 11) is 0. The maximum atomic E-state index is 10.1. The highest BCUT2D eigenvalue weighted by Gasteiger charge is 2.39. The van der Waals surface area contributed by atoms with Crippen LogP contribution in [-0.4, -0.2) is 19.0 Å². The fourth-order valence-corrected chi connectivity index (χ4v) is 1.56. The van der Waals surface area contributed by atoms with Crippen molar-refractivity contribution in [1.82, 2.24) is 0 Å². The minimum absolute atomic E-state index is 0.224. The summed E-state index contributed by atoms with van der Waals surface area (Å²) in [6.45, 7) is 6.11. The van der Waals surface area contributed by atoms with Crippen molar-refractivity contribution in [1.29, 1.82) is 0 Å². The molecule has 2 nitrogen and oxygen atoms in total. The van der Waals surface area contributed by atoms with Gasteiger partial charge in [0.2, 0.25) is 0 Å². The van der Waals surface area contributed by atoms with Gasteiger partial charge in [-0.15, -0.1) is 6.58 Å². The average Bonchev–Trinajstić information content (AvgIpc) is 2.76. The Labute approximate surface area is 73.6 Å². The predicted octanol–water partition coefficient (Wildman–Crippen LogP) is 1.80. The SMILES string of the molecule is C=CCC(OCC=O)[C@@H]1C[C@H]1C. The number of ether oxygens (including phenoxy) is 1. The average molecular weight is 168 g/mol. The van der Waals surface area contributed by atoms with Crippen LogP contribution in [0.3, 0.4) is 0 Å². The Hall–Kier alpha value is -0.630. The molecule has 2 heteroatoms. The summed E-state index contributed by atoms with van der Waals surface area (Å²) in [5.74, 6) is 1.42. The lowest BCUT2D eigenvalue weighted by molar-refractivity contribution is -0.114. The largest absolute Gasteiger partial charge is 0.370 e. The van der Waals surface area contributed by atoms with Gasteiger partial charge in [-0.1, -0.05) is 13.0 Å². The van der Waals surface area contributed by atoms with Gasteiger partial charge in [0, 0.05) is 0 Å². The number of carbonyl (C=O) groups excluding carboxylic acids is 1. The summed E-state index contributed by atoms with van der Waals surface area (Å²) < 4.78 is 5.39. The Morgan fingerprint density at radius 2 is 2.42 bits per heavy atom. The van der Waals surface area contributed by atoms with Crippen LogP contribution in [0.25, 0.3) is 0 Å². The van der Waals surface area contributed by atoms with Crippen LogP contribution in [0.4, 0.5) is 0 Å². The molecule has 0 aromatic carbocycles. The Bertz CT molecular complexity index is 165. The van der Waals surface area contributed by atoms with Gasteiger partial charge in [-0.2, -0.15) is 0 Å². The number of hydrogen-bond acceptors (Lipinski definition) is 2. The third-order valence-corrected chi connectivity index (χ3v) is 2.43. The zero-order valence-corrected chi connectivity index (χ0v) is 7.53. The minimum atomic E-state index is 0.224. The molecule has 0 amide bonds. The normalized spacial score (nSPS) is 29.4. The topological polar surface area (TPSA) is 26.3 Å². The van der Waals surface area contributed by atoms with Gasteiger partial charge in [0.1, 0.15) is 12.9 Å². The first-order chi connectivity index (χ1) is 5.79. The van der Waals surface area contributed by atoms with Crippen molar-refractivity contribution in [2.75, 3.05) is 6.61 Å². The molecule has 1 aliphatic rings. The monoisotopic (exact) mass is 168 g/mol. The van der Waals surface area contributed by atoms with Crippen molar-refractivity contribution in [3.8, 4) is 0 Å². The Kier molecular flexibility index (Phi) is 3.48. The maximum Gasteiger partial charge on any atom is 0.145 e. The number of carbonyl (C=O) groups is 1. The highest BCUT2D eigenvalue weighted by Crippen LogP contribution is 2.42. The van der Waals surface area contributed by atoms with Gasteiger partial charge in [0.25, 0.3) is 0 Å². The zero-order chi connectivity index (χ0) is 8.97. The lowest BCUT2D eigenvalue weighted by Gasteiger charge is -2.13. The van der Waals surface area contributed by atoms with Gasteiger partial charge < -0.3 is 9.53 Å². The Balaban J connectivity index is 2.27. The quantitative estimate of drug-likeness (QED) is 0.446. The highest BCUT2D eigenvalue weighted by molar-refractivity contribution is 5.50. The molecule has 3 atom stereocenters. The van der Waals surface area contributed by atoms with E-state index in [4.69, 9.17) is 4.74 Å². The minimum Gasteiger partial charge on any atom is -0.370 e. The van der Waals surface area contributed by atoms with Crippen molar-refractivity contribution < 1.29 is 9.53 Å². The summed E-state index contributed by atoms with van der Waals surface area (Å²) in [6.07, 6.45) is 4.99. The van der Waals surface area contributed by atoms with E-state index in [1.54, 1.807) is 0 Å². The predicted molar refractivity (Wildman–Crippen MR) is 47.9 cm³/mol. The Morgan fingerprint density at radius 1 is 1.75 bits per heavy atom. The van der Waals surface area contributed by atoms with Crippen molar-refractivity contribution in [2.24, 2.45) is 11.8 Å².